The highest BCUT2D eigenvalue weighted by atomic mass is 32.1. The van der Waals surface area contributed by atoms with Crippen LogP contribution in [0.5, 0.6) is 23.0 Å². The fourth-order valence-electron chi connectivity index (χ4n) is 8.85. The summed E-state index contributed by atoms with van der Waals surface area (Å²) in [7, 11) is 4.03. The van der Waals surface area contributed by atoms with E-state index in [4.69, 9.17) is 9.47 Å². The topological polar surface area (TPSA) is 99.5 Å². The number of fused-ring (bicyclic) bond motifs is 2. The number of rotatable bonds is 16. The molecule has 4 aromatic carbocycles. The second-order valence-electron chi connectivity index (χ2n) is 16.9. The number of phenols is 2. The lowest BCUT2D eigenvalue weighted by molar-refractivity contribution is 0.103. The summed E-state index contributed by atoms with van der Waals surface area (Å²) < 4.78 is 13.6. The van der Waals surface area contributed by atoms with Gasteiger partial charge in [0.05, 0.1) is 0 Å². The van der Waals surface area contributed by atoms with Crippen molar-refractivity contribution in [2.24, 2.45) is 0 Å². The molecule has 0 radical (unpaired) electrons. The summed E-state index contributed by atoms with van der Waals surface area (Å²) in [6.07, 6.45) is 12.0. The van der Waals surface area contributed by atoms with Crippen molar-refractivity contribution in [3.63, 3.8) is 0 Å². The molecule has 0 spiro atoms. The highest BCUT2D eigenvalue weighted by molar-refractivity contribution is 7.20. The van der Waals surface area contributed by atoms with E-state index in [1.165, 1.54) is 48.3 Å². The van der Waals surface area contributed by atoms with E-state index in [1.807, 2.05) is 74.8 Å². The molecule has 0 saturated heterocycles. The van der Waals surface area contributed by atoms with Crippen LogP contribution in [0.1, 0.15) is 131 Å². The lowest BCUT2D eigenvalue weighted by Gasteiger charge is -2.21. The molecular formula is C52H62N2O6S2. The third-order valence-corrected chi connectivity index (χ3v) is 15.0. The maximum atomic E-state index is 13.7. The predicted molar refractivity (Wildman–Crippen MR) is 256 cm³/mol. The lowest BCUT2D eigenvalue weighted by Crippen LogP contribution is -2.27. The monoisotopic (exact) mass is 874 g/mol. The van der Waals surface area contributed by atoms with Crippen LogP contribution in [-0.4, -0.2) is 85.1 Å². The fraction of sp³-hybridized carbons (Fsp3) is 0.423. The number of aromatic hydroxyl groups is 2. The Kier molecular flexibility index (Phi) is 15.8. The van der Waals surface area contributed by atoms with Crippen LogP contribution in [0.15, 0.2) is 84.9 Å². The summed E-state index contributed by atoms with van der Waals surface area (Å²) >= 11 is 3.35. The Balaban J connectivity index is 0.000000187. The van der Waals surface area contributed by atoms with E-state index < -0.39 is 0 Å². The van der Waals surface area contributed by atoms with Crippen molar-refractivity contribution in [1.29, 1.82) is 0 Å². The van der Waals surface area contributed by atoms with Gasteiger partial charge in [0, 0.05) is 65.3 Å². The number of hydrogen-bond acceptors (Lipinski definition) is 10. The van der Waals surface area contributed by atoms with E-state index in [9.17, 15) is 19.8 Å². The number of benzene rings is 4. The molecule has 62 heavy (non-hydrogen) atoms. The van der Waals surface area contributed by atoms with Crippen LogP contribution in [0.4, 0.5) is 0 Å². The average Bonchev–Trinajstić information content (AvgIpc) is 3.87. The molecule has 328 valence electrons. The highest BCUT2D eigenvalue weighted by Crippen LogP contribution is 2.45. The molecule has 0 aliphatic heterocycles. The number of likely N-dealkylation sites (N-methyl/N-ethyl adjacent to an activating group) is 2. The molecule has 2 N–H and O–H groups in total. The minimum atomic E-state index is 0.0624. The maximum absolute atomic E-state index is 13.7. The smallest absolute Gasteiger partial charge is 0.194 e. The summed E-state index contributed by atoms with van der Waals surface area (Å²) in [5.74, 6) is 3.07. The first-order valence-electron chi connectivity index (χ1n) is 22.6. The molecule has 0 unspecified atom stereocenters. The number of nitrogens with zero attached hydrogens (tertiary/aromatic N) is 2. The van der Waals surface area contributed by atoms with Crippen molar-refractivity contribution < 1.29 is 29.3 Å². The summed E-state index contributed by atoms with van der Waals surface area (Å²) in [5.41, 5.74) is 3.01. The van der Waals surface area contributed by atoms with E-state index >= 15 is 0 Å². The average molecular weight is 875 g/mol. The Morgan fingerprint density at radius 1 is 0.581 bits per heavy atom. The molecule has 10 heteroatoms. The quantitative estimate of drug-likeness (QED) is 0.0928. The lowest BCUT2D eigenvalue weighted by atomic mass is 9.85. The highest BCUT2D eigenvalue weighted by Gasteiger charge is 2.29. The summed E-state index contributed by atoms with van der Waals surface area (Å²) in [4.78, 5) is 34.0. The number of hydrogen-bond donors (Lipinski definition) is 2. The third kappa shape index (κ3) is 11.1. The molecule has 8 rings (SSSR count). The van der Waals surface area contributed by atoms with Gasteiger partial charge in [0.2, 0.25) is 0 Å². The number of phenolic OH excluding ortho intramolecular Hbond substituents is 2. The predicted octanol–water partition coefficient (Wildman–Crippen LogP) is 12.4. The second kappa shape index (κ2) is 21.6. The molecule has 0 amide bonds. The van der Waals surface area contributed by atoms with Crippen LogP contribution in [-0.2, 0) is 0 Å². The largest absolute Gasteiger partial charge is 0.508 e. The molecule has 2 aromatic heterocycles. The summed E-state index contributed by atoms with van der Waals surface area (Å²) in [6.45, 7) is 9.34. The van der Waals surface area contributed by atoms with Crippen molar-refractivity contribution in [3.8, 4) is 23.0 Å². The van der Waals surface area contributed by atoms with Gasteiger partial charge in [-0.2, -0.15) is 0 Å². The third-order valence-electron chi connectivity index (χ3n) is 12.4. The normalized spacial score (nSPS) is 14.9. The number of thiophene rings is 2. The molecule has 2 saturated carbocycles. The van der Waals surface area contributed by atoms with E-state index in [-0.39, 0.29) is 23.1 Å². The van der Waals surface area contributed by atoms with E-state index in [0.717, 1.165) is 94.7 Å². The Bertz CT molecular complexity index is 2400. The van der Waals surface area contributed by atoms with Gasteiger partial charge in [0.25, 0.3) is 0 Å². The Hall–Kier alpha value is -4.74. The first-order valence-corrected chi connectivity index (χ1v) is 24.2. The number of ether oxygens (including phenoxy) is 2. The Morgan fingerprint density at radius 3 is 1.37 bits per heavy atom. The minimum Gasteiger partial charge on any atom is -0.508 e. The van der Waals surface area contributed by atoms with Crippen molar-refractivity contribution in [3.05, 3.63) is 117 Å². The van der Waals surface area contributed by atoms with E-state index in [1.54, 1.807) is 46.9 Å². The molecule has 0 bridgehead atoms. The van der Waals surface area contributed by atoms with Gasteiger partial charge in [0.15, 0.2) is 11.6 Å². The van der Waals surface area contributed by atoms with Crippen LogP contribution in [0, 0.1) is 0 Å². The Labute approximate surface area is 375 Å². The van der Waals surface area contributed by atoms with Crippen molar-refractivity contribution in [1.82, 2.24) is 9.80 Å². The number of carbonyl (C=O) groups excluding carboxylic acids is 2. The van der Waals surface area contributed by atoms with Gasteiger partial charge in [-0.1, -0.05) is 52.4 Å². The summed E-state index contributed by atoms with van der Waals surface area (Å²) in [5, 5.41) is 21.8. The molecule has 2 aliphatic rings. The standard InChI is InChI=1S/C27H33NO3S.C25H29NO3S/c1-3-28(4-2)16-17-31-22-13-10-19(11-14-22)26(30)25-23-15-12-21(29)18-24(23)32-27(25)20-8-6-5-7-9-20;1-26(2)14-15-29-20-11-8-17(9-12-20)24(28)23-21-13-10-19(27)16-22(21)30-25(23)18-6-4-3-5-7-18/h10-15,18,20,29H,3-9,16-17H2,1-2H3;8-13,16,18,27H,3-7,14-15H2,1-2H3. The zero-order chi connectivity index (χ0) is 43.6. The van der Waals surface area contributed by atoms with Crippen LogP contribution in [0.3, 0.4) is 0 Å². The van der Waals surface area contributed by atoms with E-state index in [2.05, 4.69) is 23.6 Å². The molecule has 2 fully saturated rings. The van der Waals surface area contributed by atoms with Gasteiger partial charge >= 0.3 is 0 Å². The first-order chi connectivity index (χ1) is 30.1. The zero-order valence-corrected chi connectivity index (χ0v) is 38.4. The van der Waals surface area contributed by atoms with Gasteiger partial charge < -0.3 is 29.5 Å². The Morgan fingerprint density at radius 2 is 0.984 bits per heavy atom. The number of ketones is 2. The van der Waals surface area contributed by atoms with Crippen molar-refractivity contribution >= 4 is 54.4 Å². The van der Waals surface area contributed by atoms with Gasteiger partial charge in [-0.15, -0.1) is 22.7 Å². The van der Waals surface area contributed by atoms with Gasteiger partial charge in [-0.05, 0) is 150 Å². The van der Waals surface area contributed by atoms with Gasteiger partial charge in [-0.25, -0.2) is 0 Å². The van der Waals surface area contributed by atoms with Crippen LogP contribution in [0.25, 0.3) is 20.2 Å². The van der Waals surface area contributed by atoms with Crippen LogP contribution >= 0.6 is 22.7 Å². The molecule has 8 nitrogen and oxygen atoms in total. The fourth-order valence-corrected chi connectivity index (χ4v) is 11.7. The van der Waals surface area contributed by atoms with Crippen molar-refractivity contribution in [2.45, 2.75) is 89.9 Å². The molecule has 2 heterocycles. The first kappa shape index (κ1) is 45.3. The van der Waals surface area contributed by atoms with Crippen LogP contribution < -0.4 is 9.47 Å². The van der Waals surface area contributed by atoms with Gasteiger partial charge in [0.1, 0.15) is 36.2 Å². The molecule has 6 aromatic rings. The maximum Gasteiger partial charge on any atom is 0.194 e. The molecular weight excluding hydrogens is 813 g/mol. The minimum absolute atomic E-state index is 0.0624. The van der Waals surface area contributed by atoms with Crippen molar-refractivity contribution in [2.75, 3.05) is 53.5 Å². The second-order valence-corrected chi connectivity index (χ2v) is 19.1. The molecule has 2 aliphatic carbocycles. The van der Waals surface area contributed by atoms with E-state index in [0.29, 0.717) is 36.2 Å². The summed E-state index contributed by atoms with van der Waals surface area (Å²) in [6, 6.07) is 25.8. The van der Waals surface area contributed by atoms with Crippen LogP contribution in [0.2, 0.25) is 0 Å². The zero-order valence-electron chi connectivity index (χ0n) is 36.8. The van der Waals surface area contributed by atoms with Gasteiger partial charge in [-0.3, -0.25) is 9.59 Å². The molecule has 0 atom stereocenters. The SMILES string of the molecule is CCN(CC)CCOc1ccc(C(=O)c2c(C3CCCCC3)sc3cc(O)ccc23)cc1.CN(C)CCOc1ccc(C(=O)c2c(C3CCCCC3)sc3cc(O)ccc23)cc1. The number of carbonyl (C=O) groups is 2.